The molecule has 0 rings (SSSR count). The van der Waals surface area contributed by atoms with E-state index in [1.807, 2.05) is 0 Å². The first kappa shape index (κ1) is 36.1. The quantitative estimate of drug-likeness (QED) is 0.0929. The van der Waals surface area contributed by atoms with Gasteiger partial charge in [0.1, 0.15) is 0 Å². The van der Waals surface area contributed by atoms with Crippen LogP contribution in [0.1, 0.15) is 105 Å². The minimum absolute atomic E-state index is 0. The topological polar surface area (TPSA) is 149 Å². The molecule has 32 heavy (non-hydrogen) atoms. The average molecular weight is 491 g/mol. The molecule has 0 aromatic rings. The van der Waals surface area contributed by atoms with Crippen molar-refractivity contribution in [2.45, 2.75) is 108 Å². The molecule has 0 saturated heterocycles. The van der Waals surface area contributed by atoms with Gasteiger partial charge in [-0.25, -0.2) is 0 Å². The number of carboxylic acids is 2. The molecule has 1 atom stereocenters. The number of aliphatic hydroxyl groups excluding tert-OH is 1. The van der Waals surface area contributed by atoms with Crippen LogP contribution in [-0.2, 0) is 19.7 Å². The minimum atomic E-state index is -4.84. The number of carbonyl (C=O) groups is 2. The van der Waals surface area contributed by atoms with Crippen molar-refractivity contribution in [3.63, 3.8) is 0 Å². The molecule has 0 saturated carbocycles. The monoisotopic (exact) mass is 490 g/mol. The number of rotatable bonds is 19. The second-order valence-electron chi connectivity index (χ2n) is 7.60. The maximum Gasteiger partial charge on any atom is 1.00 e. The van der Waals surface area contributed by atoms with Crippen molar-refractivity contribution in [2.75, 3.05) is 6.61 Å². The van der Waals surface area contributed by atoms with Gasteiger partial charge in [-0.1, -0.05) is 76.9 Å². The Morgan fingerprint density at radius 3 is 1.53 bits per heavy atom. The molecule has 0 aliphatic heterocycles. The van der Waals surface area contributed by atoms with Gasteiger partial charge in [0.25, 0.3) is 10.1 Å². The molecule has 0 amide bonds. The molecule has 186 valence electrons. The normalized spacial score (nSPS) is 12.0. The van der Waals surface area contributed by atoms with Crippen molar-refractivity contribution in [3.05, 3.63) is 12.2 Å². The minimum Gasteiger partial charge on any atom is -1.00 e. The number of aliphatic hydroxyl groups is 1. The Morgan fingerprint density at radius 1 is 0.812 bits per heavy atom. The maximum atomic E-state index is 10.2. The Morgan fingerprint density at radius 2 is 1.22 bits per heavy atom. The fraction of sp³-hybridized carbons (Fsp3) is 0.818. The molecule has 0 aliphatic carbocycles. The first-order chi connectivity index (χ1) is 14.7. The summed E-state index contributed by atoms with van der Waals surface area (Å²) >= 11 is 0. The SMILES string of the molecule is CCCCCCCC/C=C\CCCCCCCCO.O=C(O)CC(C(=O)O)S(=O)(=O)O.[H-].[Na+]. The van der Waals surface area contributed by atoms with Crippen molar-refractivity contribution in [1.29, 1.82) is 0 Å². The van der Waals surface area contributed by atoms with Crippen LogP contribution >= 0.6 is 0 Å². The Labute approximate surface area is 217 Å². The summed E-state index contributed by atoms with van der Waals surface area (Å²) in [5.74, 6) is -3.50. The summed E-state index contributed by atoms with van der Waals surface area (Å²) in [6.07, 6.45) is 22.0. The van der Waals surface area contributed by atoms with Crippen LogP contribution in [0, 0.1) is 0 Å². The summed E-state index contributed by atoms with van der Waals surface area (Å²) in [6.45, 7) is 2.64. The smallest absolute Gasteiger partial charge is 1.00 e. The van der Waals surface area contributed by atoms with E-state index >= 15 is 0 Å². The molecule has 0 aliphatic rings. The van der Waals surface area contributed by atoms with E-state index in [-0.39, 0.29) is 31.0 Å². The van der Waals surface area contributed by atoms with Gasteiger partial charge in [0.2, 0.25) is 0 Å². The number of unbranched alkanes of at least 4 members (excludes halogenated alkanes) is 12. The summed E-state index contributed by atoms with van der Waals surface area (Å²) in [4.78, 5) is 20.0. The van der Waals surface area contributed by atoms with Crippen LogP contribution in [0.3, 0.4) is 0 Å². The van der Waals surface area contributed by atoms with Gasteiger partial charge in [-0.05, 0) is 32.1 Å². The van der Waals surface area contributed by atoms with Gasteiger partial charge in [0.15, 0.2) is 5.25 Å². The zero-order valence-corrected chi connectivity index (χ0v) is 22.7. The van der Waals surface area contributed by atoms with Crippen molar-refractivity contribution in [2.24, 2.45) is 0 Å². The second kappa shape index (κ2) is 25.2. The molecule has 8 nitrogen and oxygen atoms in total. The zero-order chi connectivity index (χ0) is 24.0. The van der Waals surface area contributed by atoms with Crippen LogP contribution in [0.5, 0.6) is 0 Å². The van der Waals surface area contributed by atoms with Crippen LogP contribution < -0.4 is 29.6 Å². The van der Waals surface area contributed by atoms with E-state index < -0.39 is 33.7 Å². The van der Waals surface area contributed by atoms with Gasteiger partial charge in [-0.3, -0.25) is 14.1 Å². The van der Waals surface area contributed by atoms with Gasteiger partial charge in [-0.2, -0.15) is 8.42 Å². The largest absolute Gasteiger partial charge is 1.00 e. The Hall–Kier alpha value is -0.450. The molecule has 0 bridgehead atoms. The Kier molecular flexibility index (Phi) is 28.4. The van der Waals surface area contributed by atoms with Crippen molar-refractivity contribution in [1.82, 2.24) is 0 Å². The van der Waals surface area contributed by atoms with Crippen LogP contribution in [0.4, 0.5) is 0 Å². The Bertz CT molecular complexity index is 585. The molecule has 0 fully saturated rings. The maximum absolute atomic E-state index is 10.2. The van der Waals surface area contributed by atoms with E-state index in [1.54, 1.807) is 0 Å². The average Bonchev–Trinajstić information content (AvgIpc) is 2.68. The third-order valence-corrected chi connectivity index (χ3v) is 5.75. The number of carboxylic acid groups (broad SMARTS) is 2. The van der Waals surface area contributed by atoms with E-state index in [0.29, 0.717) is 6.61 Å². The van der Waals surface area contributed by atoms with E-state index in [1.165, 1.54) is 83.5 Å². The predicted molar refractivity (Wildman–Crippen MR) is 123 cm³/mol. The molecular weight excluding hydrogens is 447 g/mol. The van der Waals surface area contributed by atoms with Crippen molar-refractivity contribution >= 4 is 22.1 Å². The fourth-order valence-electron chi connectivity index (χ4n) is 2.84. The van der Waals surface area contributed by atoms with Gasteiger partial charge in [0.05, 0.1) is 6.42 Å². The molecule has 1 unspecified atom stereocenters. The van der Waals surface area contributed by atoms with E-state index in [2.05, 4.69) is 19.1 Å². The summed E-state index contributed by atoms with van der Waals surface area (Å²) in [6, 6.07) is 0. The standard InChI is InChI=1S/C18H36O.C4H6O7S.Na.H/c1-2-3-4-5-6-7-8-9-10-11-12-13-14-15-16-17-18-19;5-3(6)1-2(4(7)8)12(9,10)11;;/h9-10,19H,2-8,11-18H2,1H3;2H,1H2,(H,5,6)(H,7,8)(H,9,10,11);;/q;;+1;-1/b10-9-;;;. The van der Waals surface area contributed by atoms with Crippen molar-refractivity contribution < 1.29 is 68.9 Å². The molecular formula is C22H43NaO8S. The third-order valence-electron chi connectivity index (χ3n) is 4.66. The second-order valence-corrected chi connectivity index (χ2v) is 9.20. The van der Waals surface area contributed by atoms with E-state index in [4.69, 9.17) is 19.9 Å². The van der Waals surface area contributed by atoms with Crippen molar-refractivity contribution in [3.8, 4) is 0 Å². The molecule has 0 spiro atoms. The Balaban J connectivity index is -0.000000262. The zero-order valence-electron chi connectivity index (χ0n) is 20.9. The molecule has 10 heteroatoms. The predicted octanol–water partition coefficient (Wildman–Crippen LogP) is 1.93. The first-order valence-corrected chi connectivity index (χ1v) is 12.8. The number of hydrogen-bond acceptors (Lipinski definition) is 5. The van der Waals surface area contributed by atoms with E-state index in [0.717, 1.165) is 6.42 Å². The fourth-order valence-corrected chi connectivity index (χ4v) is 3.45. The number of allylic oxidation sites excluding steroid dienone is 2. The number of hydrogen-bond donors (Lipinski definition) is 4. The number of aliphatic carboxylic acids is 2. The van der Waals surface area contributed by atoms with Crippen LogP contribution in [-0.4, -0.2) is 52.1 Å². The molecule has 4 N–H and O–H groups in total. The van der Waals surface area contributed by atoms with Crippen LogP contribution in [0.15, 0.2) is 12.2 Å². The molecule has 0 aromatic heterocycles. The first-order valence-electron chi connectivity index (χ1n) is 11.3. The molecule has 0 aromatic carbocycles. The third kappa shape index (κ3) is 27.6. The molecule has 0 heterocycles. The summed E-state index contributed by atoms with van der Waals surface area (Å²) in [7, 11) is -4.84. The van der Waals surface area contributed by atoms with Gasteiger partial charge < -0.3 is 16.7 Å². The van der Waals surface area contributed by atoms with Crippen LogP contribution in [0.25, 0.3) is 0 Å². The van der Waals surface area contributed by atoms with Gasteiger partial charge >= 0.3 is 41.5 Å². The van der Waals surface area contributed by atoms with E-state index in [9.17, 15) is 18.0 Å². The van der Waals surface area contributed by atoms with Crippen LogP contribution in [0.2, 0.25) is 0 Å². The summed E-state index contributed by atoms with van der Waals surface area (Å²) < 4.78 is 28.7. The van der Waals surface area contributed by atoms with Gasteiger partial charge in [0, 0.05) is 6.61 Å². The molecule has 0 radical (unpaired) electrons. The summed E-state index contributed by atoms with van der Waals surface area (Å²) in [5, 5.41) is 22.6. The van der Waals surface area contributed by atoms with Gasteiger partial charge in [-0.15, -0.1) is 0 Å². The summed E-state index contributed by atoms with van der Waals surface area (Å²) in [5.41, 5.74) is 0.